The lowest BCUT2D eigenvalue weighted by Gasteiger charge is -2.26. The Morgan fingerprint density at radius 2 is 2.04 bits per heavy atom. The molecule has 134 valence electrons. The average molecular weight is 420 g/mol. The molecule has 2 aromatic heterocycles. The van der Waals surface area contributed by atoms with Gasteiger partial charge in [-0.15, -0.1) is 0 Å². The lowest BCUT2D eigenvalue weighted by atomic mass is 10.0. The SMILES string of the molecule is Cc1noc(-c2ccc(Br)cn2)c1N(C(=O)O)C(C)c1ccccc1F. The summed E-state index contributed by atoms with van der Waals surface area (Å²) in [5, 5.41) is 13.7. The molecule has 0 spiro atoms. The molecule has 0 bridgehead atoms. The summed E-state index contributed by atoms with van der Waals surface area (Å²) in [6, 6.07) is 8.71. The summed E-state index contributed by atoms with van der Waals surface area (Å²) >= 11 is 3.30. The van der Waals surface area contributed by atoms with Crippen molar-refractivity contribution in [2.75, 3.05) is 4.90 Å². The van der Waals surface area contributed by atoms with E-state index in [1.54, 1.807) is 50.4 Å². The zero-order valence-electron chi connectivity index (χ0n) is 14.0. The van der Waals surface area contributed by atoms with Crippen molar-refractivity contribution in [3.05, 3.63) is 64.1 Å². The van der Waals surface area contributed by atoms with Gasteiger partial charge in [-0.05, 0) is 48.0 Å². The van der Waals surface area contributed by atoms with Gasteiger partial charge in [0, 0.05) is 16.2 Å². The smallest absolute Gasteiger partial charge is 0.412 e. The molecular weight excluding hydrogens is 405 g/mol. The van der Waals surface area contributed by atoms with Crippen LogP contribution in [-0.4, -0.2) is 21.3 Å². The number of rotatable bonds is 4. The molecule has 0 aliphatic heterocycles. The van der Waals surface area contributed by atoms with Gasteiger partial charge in [0.15, 0.2) is 0 Å². The molecule has 2 heterocycles. The summed E-state index contributed by atoms with van der Waals surface area (Å²) in [5.41, 5.74) is 1.29. The maximum atomic E-state index is 14.2. The number of aryl methyl sites for hydroxylation is 1. The number of pyridine rings is 1. The van der Waals surface area contributed by atoms with Crippen molar-refractivity contribution in [3.8, 4) is 11.5 Å². The number of benzene rings is 1. The van der Waals surface area contributed by atoms with Crippen molar-refractivity contribution < 1.29 is 18.8 Å². The maximum Gasteiger partial charge on any atom is 0.412 e. The van der Waals surface area contributed by atoms with Crippen LogP contribution in [0.15, 0.2) is 51.6 Å². The number of carboxylic acid groups (broad SMARTS) is 1. The maximum absolute atomic E-state index is 14.2. The summed E-state index contributed by atoms with van der Waals surface area (Å²) in [5.74, 6) is -0.274. The Bertz CT molecular complexity index is 943. The Hall–Kier alpha value is -2.74. The summed E-state index contributed by atoms with van der Waals surface area (Å²) in [6.07, 6.45) is 0.327. The van der Waals surface area contributed by atoms with E-state index in [9.17, 15) is 14.3 Å². The fraction of sp³-hybridized carbons (Fsp3) is 0.167. The van der Waals surface area contributed by atoms with Gasteiger partial charge < -0.3 is 9.63 Å². The minimum absolute atomic E-state index is 0.209. The number of amides is 1. The van der Waals surface area contributed by atoms with Gasteiger partial charge in [-0.3, -0.25) is 9.88 Å². The third-order valence-corrected chi connectivity index (χ3v) is 4.45. The van der Waals surface area contributed by atoms with E-state index >= 15 is 0 Å². The highest BCUT2D eigenvalue weighted by molar-refractivity contribution is 9.10. The number of nitrogens with zero attached hydrogens (tertiary/aromatic N) is 3. The normalized spacial score (nSPS) is 12.0. The van der Waals surface area contributed by atoms with Gasteiger partial charge >= 0.3 is 6.09 Å². The zero-order chi connectivity index (χ0) is 18.8. The summed E-state index contributed by atoms with van der Waals surface area (Å²) in [6.45, 7) is 3.24. The van der Waals surface area contributed by atoms with Crippen molar-refractivity contribution >= 4 is 27.7 Å². The number of hydrogen-bond acceptors (Lipinski definition) is 4. The van der Waals surface area contributed by atoms with Gasteiger partial charge in [-0.25, -0.2) is 9.18 Å². The second kappa shape index (κ2) is 7.25. The Kier molecular flexibility index (Phi) is 5.03. The lowest BCUT2D eigenvalue weighted by molar-refractivity contribution is 0.199. The number of halogens is 2. The van der Waals surface area contributed by atoms with Gasteiger partial charge in [-0.1, -0.05) is 23.4 Å². The van der Waals surface area contributed by atoms with E-state index in [1.807, 2.05) is 0 Å². The molecular formula is C18H15BrFN3O3. The van der Waals surface area contributed by atoms with E-state index in [2.05, 4.69) is 26.1 Å². The van der Waals surface area contributed by atoms with Crippen LogP contribution in [0.1, 0.15) is 24.2 Å². The quantitative estimate of drug-likeness (QED) is 0.628. The highest BCUT2D eigenvalue weighted by Gasteiger charge is 2.32. The van der Waals surface area contributed by atoms with Gasteiger partial charge in [0.1, 0.15) is 22.9 Å². The van der Waals surface area contributed by atoms with Crippen molar-refractivity contribution in [1.82, 2.24) is 10.1 Å². The van der Waals surface area contributed by atoms with E-state index in [-0.39, 0.29) is 17.0 Å². The first kappa shape index (κ1) is 18.1. The molecule has 26 heavy (non-hydrogen) atoms. The van der Waals surface area contributed by atoms with Gasteiger partial charge in [0.2, 0.25) is 5.76 Å². The van der Waals surface area contributed by atoms with Crippen molar-refractivity contribution in [1.29, 1.82) is 0 Å². The molecule has 1 atom stereocenters. The molecule has 0 saturated heterocycles. The molecule has 0 saturated carbocycles. The van der Waals surface area contributed by atoms with Crippen LogP contribution in [0.3, 0.4) is 0 Å². The molecule has 1 N–H and O–H groups in total. The number of hydrogen-bond donors (Lipinski definition) is 1. The number of carbonyl (C=O) groups is 1. The molecule has 8 heteroatoms. The summed E-state index contributed by atoms with van der Waals surface area (Å²) in [4.78, 5) is 17.3. The molecule has 0 aliphatic carbocycles. The van der Waals surface area contributed by atoms with Gasteiger partial charge in [-0.2, -0.15) is 0 Å². The van der Waals surface area contributed by atoms with Crippen LogP contribution in [0.4, 0.5) is 14.9 Å². The third kappa shape index (κ3) is 3.32. The fourth-order valence-corrected chi connectivity index (χ4v) is 2.97. The van der Waals surface area contributed by atoms with Crippen molar-refractivity contribution in [2.45, 2.75) is 19.9 Å². The van der Waals surface area contributed by atoms with Crippen LogP contribution >= 0.6 is 15.9 Å². The first-order chi connectivity index (χ1) is 12.4. The summed E-state index contributed by atoms with van der Waals surface area (Å²) < 4.78 is 20.3. The van der Waals surface area contributed by atoms with E-state index in [4.69, 9.17) is 4.52 Å². The number of aromatic nitrogens is 2. The largest absolute Gasteiger partial charge is 0.465 e. The second-order valence-corrected chi connectivity index (χ2v) is 6.57. The minimum atomic E-state index is -1.24. The second-order valence-electron chi connectivity index (χ2n) is 5.66. The van der Waals surface area contributed by atoms with Crippen LogP contribution in [0.25, 0.3) is 11.5 Å². The Labute approximate surface area is 157 Å². The molecule has 0 radical (unpaired) electrons. The Morgan fingerprint density at radius 3 is 2.65 bits per heavy atom. The Balaban J connectivity index is 2.13. The van der Waals surface area contributed by atoms with Crippen LogP contribution in [0.5, 0.6) is 0 Å². The van der Waals surface area contributed by atoms with E-state index in [0.29, 0.717) is 11.4 Å². The van der Waals surface area contributed by atoms with E-state index in [0.717, 1.165) is 9.37 Å². The molecule has 0 aliphatic rings. The fourth-order valence-electron chi connectivity index (χ4n) is 2.73. The van der Waals surface area contributed by atoms with Crippen LogP contribution < -0.4 is 4.90 Å². The highest BCUT2D eigenvalue weighted by atomic mass is 79.9. The molecule has 1 aromatic carbocycles. The molecule has 1 amide bonds. The standard InChI is InChI=1S/C18H15BrFN3O3/c1-10-16(17(26-22-10)15-8-7-12(19)9-21-15)23(18(24)25)11(2)13-5-3-4-6-14(13)20/h3-9,11H,1-2H3,(H,24,25). The van der Waals surface area contributed by atoms with Gasteiger partial charge in [0.05, 0.1) is 6.04 Å². The highest BCUT2D eigenvalue weighted by Crippen LogP contribution is 2.38. The van der Waals surface area contributed by atoms with Crippen LogP contribution in [-0.2, 0) is 0 Å². The zero-order valence-corrected chi connectivity index (χ0v) is 15.6. The monoisotopic (exact) mass is 419 g/mol. The topological polar surface area (TPSA) is 79.5 Å². The van der Waals surface area contributed by atoms with Crippen molar-refractivity contribution in [3.63, 3.8) is 0 Å². The Morgan fingerprint density at radius 1 is 1.31 bits per heavy atom. The van der Waals surface area contributed by atoms with Crippen LogP contribution in [0, 0.1) is 12.7 Å². The lowest BCUT2D eigenvalue weighted by Crippen LogP contribution is -2.33. The molecule has 0 fully saturated rings. The molecule has 6 nitrogen and oxygen atoms in total. The average Bonchev–Trinajstić information content (AvgIpc) is 2.97. The molecule has 3 aromatic rings. The predicted molar refractivity (Wildman–Crippen MR) is 97.5 cm³/mol. The van der Waals surface area contributed by atoms with E-state index < -0.39 is 18.0 Å². The first-order valence-electron chi connectivity index (χ1n) is 7.75. The molecule has 1 unspecified atom stereocenters. The third-order valence-electron chi connectivity index (χ3n) is 3.98. The molecule has 3 rings (SSSR count). The van der Waals surface area contributed by atoms with Gasteiger partial charge in [0.25, 0.3) is 0 Å². The van der Waals surface area contributed by atoms with Crippen LogP contribution in [0.2, 0.25) is 0 Å². The summed E-state index contributed by atoms with van der Waals surface area (Å²) in [7, 11) is 0. The first-order valence-corrected chi connectivity index (χ1v) is 8.54. The number of anilines is 1. The van der Waals surface area contributed by atoms with Crippen molar-refractivity contribution in [2.24, 2.45) is 0 Å². The minimum Gasteiger partial charge on any atom is -0.465 e. The van der Waals surface area contributed by atoms with E-state index in [1.165, 1.54) is 6.07 Å². The predicted octanol–water partition coefficient (Wildman–Crippen LogP) is 5.19.